The van der Waals surface area contributed by atoms with Gasteiger partial charge in [0.25, 0.3) is 0 Å². The van der Waals surface area contributed by atoms with Crippen molar-refractivity contribution in [2.75, 3.05) is 35.0 Å². The zero-order valence-corrected chi connectivity index (χ0v) is 14.2. The van der Waals surface area contributed by atoms with Crippen molar-refractivity contribution >= 4 is 0 Å². The summed E-state index contributed by atoms with van der Waals surface area (Å²) in [7, 11) is 6.62. The standard InChI is InChI=1S/C16H30O6/c1-17-10-12-13(18-2)14(19-3)15(20-4)16(22-12)21-11-8-6-5-7-9-11/h11-16H,5-10H2,1-4H3/t12-,13-,14+,15-,16?/m1/s1. The molecule has 6 nitrogen and oxygen atoms in total. The van der Waals surface area contributed by atoms with E-state index in [1.54, 1.807) is 28.4 Å². The molecule has 0 N–H and O–H groups in total. The number of hydrogen-bond donors (Lipinski definition) is 0. The Bertz CT molecular complexity index is 307. The van der Waals surface area contributed by atoms with E-state index in [-0.39, 0.29) is 30.5 Å². The van der Waals surface area contributed by atoms with Crippen molar-refractivity contribution in [1.82, 2.24) is 0 Å². The minimum absolute atomic E-state index is 0.233. The highest BCUT2D eigenvalue weighted by Crippen LogP contribution is 2.31. The molecular formula is C16H30O6. The van der Waals surface area contributed by atoms with Crippen molar-refractivity contribution in [2.45, 2.75) is 68.9 Å². The van der Waals surface area contributed by atoms with E-state index in [0.717, 1.165) is 12.8 Å². The van der Waals surface area contributed by atoms with Gasteiger partial charge in [0.15, 0.2) is 6.29 Å². The summed E-state index contributed by atoms with van der Waals surface area (Å²) in [4.78, 5) is 0. The lowest BCUT2D eigenvalue weighted by atomic mass is 9.96. The van der Waals surface area contributed by atoms with Crippen LogP contribution in [0, 0.1) is 0 Å². The van der Waals surface area contributed by atoms with Crippen molar-refractivity contribution < 1.29 is 28.4 Å². The van der Waals surface area contributed by atoms with Crippen LogP contribution in [0.2, 0.25) is 0 Å². The molecule has 1 unspecified atom stereocenters. The normalized spacial score (nSPS) is 37.4. The topological polar surface area (TPSA) is 55.4 Å². The maximum Gasteiger partial charge on any atom is 0.187 e. The van der Waals surface area contributed by atoms with E-state index in [0.29, 0.717) is 6.61 Å². The van der Waals surface area contributed by atoms with E-state index >= 15 is 0 Å². The molecule has 2 fully saturated rings. The van der Waals surface area contributed by atoms with Crippen LogP contribution in [-0.2, 0) is 28.4 Å². The summed E-state index contributed by atoms with van der Waals surface area (Å²) in [6.45, 7) is 0.430. The molecule has 0 spiro atoms. The fraction of sp³-hybridized carbons (Fsp3) is 1.00. The lowest BCUT2D eigenvalue weighted by Gasteiger charge is -2.45. The van der Waals surface area contributed by atoms with Gasteiger partial charge < -0.3 is 28.4 Å². The van der Waals surface area contributed by atoms with Gasteiger partial charge in [-0.25, -0.2) is 0 Å². The van der Waals surface area contributed by atoms with E-state index in [1.165, 1.54) is 19.3 Å². The predicted octanol–water partition coefficient (Wildman–Crippen LogP) is 1.75. The molecule has 0 aromatic carbocycles. The molecule has 0 bridgehead atoms. The van der Waals surface area contributed by atoms with Crippen molar-refractivity contribution in [1.29, 1.82) is 0 Å². The largest absolute Gasteiger partial charge is 0.382 e. The van der Waals surface area contributed by atoms with Crippen LogP contribution in [0.3, 0.4) is 0 Å². The second kappa shape index (κ2) is 9.15. The highest BCUT2D eigenvalue weighted by atomic mass is 16.7. The van der Waals surface area contributed by atoms with Gasteiger partial charge in [-0.1, -0.05) is 19.3 Å². The zero-order chi connectivity index (χ0) is 15.9. The van der Waals surface area contributed by atoms with Crippen LogP contribution in [0.15, 0.2) is 0 Å². The molecule has 1 saturated carbocycles. The molecular weight excluding hydrogens is 288 g/mol. The smallest absolute Gasteiger partial charge is 0.187 e. The Balaban J connectivity index is 2.08. The van der Waals surface area contributed by atoms with E-state index in [4.69, 9.17) is 28.4 Å². The molecule has 1 saturated heterocycles. The zero-order valence-electron chi connectivity index (χ0n) is 14.2. The Hall–Kier alpha value is -0.240. The summed E-state index contributed by atoms with van der Waals surface area (Å²) in [5.41, 5.74) is 0. The Morgan fingerprint density at radius 1 is 0.818 bits per heavy atom. The lowest BCUT2D eigenvalue weighted by Crippen LogP contribution is -2.61. The minimum Gasteiger partial charge on any atom is -0.382 e. The third-order valence-electron chi connectivity index (χ3n) is 4.62. The summed E-state index contributed by atoms with van der Waals surface area (Å²) >= 11 is 0. The van der Waals surface area contributed by atoms with Gasteiger partial charge in [0.1, 0.15) is 24.4 Å². The summed E-state index contributed by atoms with van der Waals surface area (Å²) < 4.78 is 34.4. The monoisotopic (exact) mass is 318 g/mol. The minimum atomic E-state index is -0.454. The highest BCUT2D eigenvalue weighted by Gasteiger charge is 2.48. The van der Waals surface area contributed by atoms with E-state index in [9.17, 15) is 0 Å². The maximum atomic E-state index is 6.20. The van der Waals surface area contributed by atoms with Gasteiger partial charge in [0.05, 0.1) is 12.7 Å². The van der Waals surface area contributed by atoms with Gasteiger partial charge in [-0.3, -0.25) is 0 Å². The quantitative estimate of drug-likeness (QED) is 0.713. The number of rotatable bonds is 7. The van der Waals surface area contributed by atoms with Crippen molar-refractivity contribution in [2.24, 2.45) is 0 Å². The first-order chi connectivity index (χ1) is 10.7. The summed E-state index contributed by atoms with van der Waals surface area (Å²) in [5.74, 6) is 0. The molecule has 5 atom stereocenters. The summed E-state index contributed by atoms with van der Waals surface area (Å²) in [5, 5.41) is 0. The molecule has 0 aromatic heterocycles. The van der Waals surface area contributed by atoms with Crippen LogP contribution in [0.5, 0.6) is 0 Å². The SMILES string of the molecule is COC[C@H]1OC(OC2CCCCC2)[C@H](OC)[C@@H](OC)[C@@H]1OC. The average molecular weight is 318 g/mol. The third-order valence-corrected chi connectivity index (χ3v) is 4.62. The van der Waals surface area contributed by atoms with Crippen LogP contribution >= 0.6 is 0 Å². The van der Waals surface area contributed by atoms with Crippen LogP contribution in [0.25, 0.3) is 0 Å². The highest BCUT2D eigenvalue weighted by molar-refractivity contribution is 4.92. The number of methoxy groups -OCH3 is 4. The molecule has 0 amide bonds. The van der Waals surface area contributed by atoms with Crippen LogP contribution < -0.4 is 0 Å². The van der Waals surface area contributed by atoms with Gasteiger partial charge in [-0.2, -0.15) is 0 Å². The molecule has 130 valence electrons. The van der Waals surface area contributed by atoms with Crippen molar-refractivity contribution in [3.63, 3.8) is 0 Å². The summed E-state index contributed by atoms with van der Waals surface area (Å²) in [6, 6.07) is 0. The Morgan fingerprint density at radius 3 is 2.00 bits per heavy atom. The summed E-state index contributed by atoms with van der Waals surface area (Å²) in [6.07, 6.45) is 4.60. The first-order valence-corrected chi connectivity index (χ1v) is 8.13. The molecule has 1 aliphatic carbocycles. The maximum absolute atomic E-state index is 6.20. The fourth-order valence-corrected chi connectivity index (χ4v) is 3.48. The molecule has 2 aliphatic rings. The third kappa shape index (κ3) is 4.19. The molecule has 6 heteroatoms. The fourth-order valence-electron chi connectivity index (χ4n) is 3.48. The second-order valence-electron chi connectivity index (χ2n) is 6.00. The average Bonchev–Trinajstić information content (AvgIpc) is 2.55. The number of hydrogen-bond acceptors (Lipinski definition) is 6. The molecule has 22 heavy (non-hydrogen) atoms. The van der Waals surface area contributed by atoms with Gasteiger partial charge in [0, 0.05) is 28.4 Å². The molecule has 2 rings (SSSR count). The van der Waals surface area contributed by atoms with Crippen LogP contribution in [0.4, 0.5) is 0 Å². The van der Waals surface area contributed by atoms with Crippen molar-refractivity contribution in [3.05, 3.63) is 0 Å². The van der Waals surface area contributed by atoms with Crippen LogP contribution in [0.1, 0.15) is 32.1 Å². The van der Waals surface area contributed by atoms with Gasteiger partial charge in [-0.15, -0.1) is 0 Å². The predicted molar refractivity (Wildman–Crippen MR) is 80.9 cm³/mol. The Morgan fingerprint density at radius 2 is 1.45 bits per heavy atom. The Kier molecular flexibility index (Phi) is 7.53. The molecule has 1 heterocycles. The lowest BCUT2D eigenvalue weighted by molar-refractivity contribution is -0.323. The van der Waals surface area contributed by atoms with Gasteiger partial charge in [0.2, 0.25) is 0 Å². The van der Waals surface area contributed by atoms with E-state index < -0.39 is 6.29 Å². The number of ether oxygens (including phenoxy) is 6. The molecule has 0 aromatic rings. The van der Waals surface area contributed by atoms with Crippen LogP contribution in [-0.4, -0.2) is 71.9 Å². The van der Waals surface area contributed by atoms with E-state index in [2.05, 4.69) is 0 Å². The van der Waals surface area contributed by atoms with Gasteiger partial charge >= 0.3 is 0 Å². The second-order valence-corrected chi connectivity index (χ2v) is 6.00. The first kappa shape index (κ1) is 18.1. The van der Waals surface area contributed by atoms with E-state index in [1.807, 2.05) is 0 Å². The van der Waals surface area contributed by atoms with Crippen molar-refractivity contribution in [3.8, 4) is 0 Å². The Labute approximate surface area is 133 Å². The molecule has 1 aliphatic heterocycles. The first-order valence-electron chi connectivity index (χ1n) is 8.13. The van der Waals surface area contributed by atoms with Gasteiger partial charge in [-0.05, 0) is 12.8 Å². The molecule has 0 radical (unpaired) electrons.